The first-order valence-electron chi connectivity index (χ1n) is 9.29. The molecule has 2 aliphatic carbocycles. The molecule has 1 N–H and O–H groups in total. The van der Waals surface area contributed by atoms with Crippen LogP contribution in [0.5, 0.6) is 0 Å². The largest absolute Gasteiger partial charge is 0.352 e. The van der Waals surface area contributed by atoms with Crippen molar-refractivity contribution in [3.05, 3.63) is 20.8 Å². The number of carbonyl (C=O) groups excluding carboxylic acids is 1. The summed E-state index contributed by atoms with van der Waals surface area (Å²) >= 11 is 1.59. The predicted octanol–water partition coefficient (Wildman–Crippen LogP) is 2.43. The summed E-state index contributed by atoms with van der Waals surface area (Å²) in [6.07, 6.45) is 8.66. The van der Waals surface area contributed by atoms with E-state index in [4.69, 9.17) is 0 Å². The molecule has 1 atom stereocenters. The zero-order chi connectivity index (χ0) is 17.4. The van der Waals surface area contributed by atoms with Crippen LogP contribution in [0.3, 0.4) is 0 Å². The average molecular weight is 360 g/mol. The van der Waals surface area contributed by atoms with E-state index in [1.165, 1.54) is 16.0 Å². The summed E-state index contributed by atoms with van der Waals surface area (Å²) in [4.78, 5) is 27.1. The van der Waals surface area contributed by atoms with Gasteiger partial charge in [0.15, 0.2) is 4.83 Å². The van der Waals surface area contributed by atoms with Gasteiger partial charge in [-0.05, 0) is 43.6 Å². The van der Waals surface area contributed by atoms with Crippen molar-refractivity contribution < 1.29 is 4.79 Å². The first-order chi connectivity index (χ1) is 12.1. The van der Waals surface area contributed by atoms with Gasteiger partial charge in [0.1, 0.15) is 6.54 Å². The fraction of sp³-hybridized carbons (Fsp3) is 0.667. The van der Waals surface area contributed by atoms with Crippen molar-refractivity contribution in [2.45, 2.75) is 70.9 Å². The van der Waals surface area contributed by atoms with Gasteiger partial charge in [-0.2, -0.15) is 0 Å². The second-order valence-corrected chi connectivity index (χ2v) is 8.57. The molecule has 25 heavy (non-hydrogen) atoms. The standard InChI is InChI=1S/C18H24N4O2S/c1-11-7-8-13-14(9-11)25-17-16(13)18(24)22(21-20-17)10-15(23)19-12-5-3-2-4-6-12/h11-12H,2-10H2,1H3,(H,19,23)/t11-/m1/s1. The Morgan fingerprint density at radius 2 is 2.08 bits per heavy atom. The van der Waals surface area contributed by atoms with E-state index in [-0.39, 0.29) is 24.1 Å². The van der Waals surface area contributed by atoms with Crippen LogP contribution in [0, 0.1) is 5.92 Å². The Morgan fingerprint density at radius 3 is 2.88 bits per heavy atom. The van der Waals surface area contributed by atoms with Crippen molar-refractivity contribution >= 4 is 27.5 Å². The van der Waals surface area contributed by atoms with Crippen molar-refractivity contribution in [2.24, 2.45) is 5.92 Å². The molecule has 1 amide bonds. The Kier molecular flexibility index (Phi) is 4.58. The van der Waals surface area contributed by atoms with E-state index in [2.05, 4.69) is 22.6 Å². The molecule has 2 aliphatic rings. The van der Waals surface area contributed by atoms with Crippen LogP contribution in [-0.2, 0) is 24.2 Å². The smallest absolute Gasteiger partial charge is 0.279 e. The van der Waals surface area contributed by atoms with Crippen molar-refractivity contribution in [1.29, 1.82) is 0 Å². The number of amides is 1. The molecule has 0 aromatic carbocycles. The number of thiophene rings is 1. The minimum Gasteiger partial charge on any atom is -0.352 e. The number of aryl methyl sites for hydroxylation is 1. The van der Waals surface area contributed by atoms with Gasteiger partial charge >= 0.3 is 0 Å². The monoisotopic (exact) mass is 360 g/mol. The lowest BCUT2D eigenvalue weighted by atomic mass is 9.89. The van der Waals surface area contributed by atoms with Crippen molar-refractivity contribution in [3.63, 3.8) is 0 Å². The average Bonchev–Trinajstić information content (AvgIpc) is 2.96. The van der Waals surface area contributed by atoms with E-state index in [0.29, 0.717) is 16.1 Å². The van der Waals surface area contributed by atoms with Gasteiger partial charge in [-0.3, -0.25) is 9.59 Å². The lowest BCUT2D eigenvalue weighted by molar-refractivity contribution is -0.122. The molecule has 134 valence electrons. The van der Waals surface area contributed by atoms with Gasteiger partial charge in [0, 0.05) is 10.9 Å². The molecule has 0 radical (unpaired) electrons. The highest BCUT2D eigenvalue weighted by molar-refractivity contribution is 7.18. The maximum absolute atomic E-state index is 12.9. The van der Waals surface area contributed by atoms with E-state index in [9.17, 15) is 9.59 Å². The van der Waals surface area contributed by atoms with Crippen LogP contribution >= 0.6 is 11.3 Å². The lowest BCUT2D eigenvalue weighted by Crippen LogP contribution is -2.40. The van der Waals surface area contributed by atoms with E-state index in [0.717, 1.165) is 50.5 Å². The Labute approximate surface area is 150 Å². The van der Waals surface area contributed by atoms with Crippen LogP contribution < -0.4 is 10.9 Å². The van der Waals surface area contributed by atoms with Crippen molar-refractivity contribution in [3.8, 4) is 0 Å². The van der Waals surface area contributed by atoms with Gasteiger partial charge < -0.3 is 5.32 Å². The van der Waals surface area contributed by atoms with Crippen LogP contribution in [0.1, 0.15) is 55.9 Å². The van der Waals surface area contributed by atoms with Crippen LogP contribution in [0.2, 0.25) is 0 Å². The highest BCUT2D eigenvalue weighted by atomic mass is 32.1. The predicted molar refractivity (Wildman–Crippen MR) is 97.9 cm³/mol. The van der Waals surface area contributed by atoms with E-state index in [1.54, 1.807) is 11.3 Å². The molecule has 1 saturated carbocycles. The fourth-order valence-electron chi connectivity index (χ4n) is 4.05. The topological polar surface area (TPSA) is 76.9 Å². The van der Waals surface area contributed by atoms with E-state index in [1.807, 2.05) is 0 Å². The molecular formula is C18H24N4O2S. The summed E-state index contributed by atoms with van der Waals surface area (Å²) in [6.45, 7) is 2.20. The molecule has 2 heterocycles. The molecule has 0 spiro atoms. The van der Waals surface area contributed by atoms with Crippen molar-refractivity contribution in [2.75, 3.05) is 0 Å². The van der Waals surface area contributed by atoms with Crippen LogP contribution in [-0.4, -0.2) is 26.9 Å². The first-order valence-corrected chi connectivity index (χ1v) is 10.1. The Bertz CT molecular complexity index is 851. The molecule has 0 aliphatic heterocycles. The number of fused-ring (bicyclic) bond motifs is 3. The fourth-order valence-corrected chi connectivity index (χ4v) is 5.37. The third-order valence-corrected chi connectivity index (χ3v) is 6.59. The summed E-state index contributed by atoms with van der Waals surface area (Å²) < 4.78 is 1.23. The number of nitrogens with zero attached hydrogens (tertiary/aromatic N) is 3. The maximum atomic E-state index is 12.9. The number of hydrogen-bond donors (Lipinski definition) is 1. The van der Waals surface area contributed by atoms with Gasteiger partial charge in [-0.15, -0.1) is 16.4 Å². The molecule has 2 aromatic heterocycles. The summed E-state index contributed by atoms with van der Waals surface area (Å²) in [5.41, 5.74) is 0.968. The van der Waals surface area contributed by atoms with Gasteiger partial charge in [0.2, 0.25) is 5.91 Å². The summed E-state index contributed by atoms with van der Waals surface area (Å²) in [5.74, 6) is 0.511. The van der Waals surface area contributed by atoms with Gasteiger partial charge in [-0.25, -0.2) is 4.68 Å². The molecular weight excluding hydrogens is 336 g/mol. The molecule has 7 heteroatoms. The first kappa shape index (κ1) is 16.7. The number of carbonyl (C=O) groups is 1. The zero-order valence-electron chi connectivity index (χ0n) is 14.6. The van der Waals surface area contributed by atoms with Gasteiger partial charge in [-0.1, -0.05) is 31.4 Å². The highest BCUT2D eigenvalue weighted by Crippen LogP contribution is 2.35. The minimum absolute atomic E-state index is 0.0424. The van der Waals surface area contributed by atoms with Gasteiger partial charge in [0.05, 0.1) is 5.39 Å². The third kappa shape index (κ3) is 3.34. The number of aromatic nitrogens is 3. The maximum Gasteiger partial charge on any atom is 0.279 e. The number of hydrogen-bond acceptors (Lipinski definition) is 5. The lowest BCUT2D eigenvalue weighted by Gasteiger charge is -2.22. The van der Waals surface area contributed by atoms with E-state index < -0.39 is 0 Å². The Hall–Kier alpha value is -1.76. The quantitative estimate of drug-likeness (QED) is 0.912. The third-order valence-electron chi connectivity index (χ3n) is 5.45. The van der Waals surface area contributed by atoms with E-state index >= 15 is 0 Å². The molecule has 0 saturated heterocycles. The SMILES string of the molecule is C[C@@H]1CCc2c(sc3nnn(CC(=O)NC4CCCCC4)c(=O)c23)C1. The highest BCUT2D eigenvalue weighted by Gasteiger charge is 2.24. The van der Waals surface area contributed by atoms with Crippen LogP contribution in [0.4, 0.5) is 0 Å². The molecule has 6 nitrogen and oxygen atoms in total. The van der Waals surface area contributed by atoms with Crippen LogP contribution in [0.15, 0.2) is 4.79 Å². The van der Waals surface area contributed by atoms with Gasteiger partial charge in [0.25, 0.3) is 5.56 Å². The molecule has 1 fully saturated rings. The molecule has 0 unspecified atom stereocenters. The number of rotatable bonds is 3. The molecule has 2 aromatic rings. The van der Waals surface area contributed by atoms with Crippen LogP contribution in [0.25, 0.3) is 10.2 Å². The normalized spacial score (nSPS) is 21.2. The summed E-state index contributed by atoms with van der Waals surface area (Å²) in [7, 11) is 0. The molecule has 0 bridgehead atoms. The van der Waals surface area contributed by atoms with Crippen molar-refractivity contribution in [1.82, 2.24) is 20.3 Å². The Morgan fingerprint density at radius 1 is 1.28 bits per heavy atom. The zero-order valence-corrected chi connectivity index (χ0v) is 15.4. The molecule has 4 rings (SSSR count). The number of nitrogens with one attached hydrogen (secondary N) is 1. The second-order valence-electron chi connectivity index (χ2n) is 7.49. The minimum atomic E-state index is -0.171. The Balaban J connectivity index is 1.57. The second kappa shape index (κ2) is 6.86. The summed E-state index contributed by atoms with van der Waals surface area (Å²) in [6, 6.07) is 0.240. The summed E-state index contributed by atoms with van der Waals surface area (Å²) in [5, 5.41) is 12.0.